The topological polar surface area (TPSA) is 65.0 Å². The van der Waals surface area contributed by atoms with Crippen molar-refractivity contribution in [3.8, 4) is 0 Å². The lowest BCUT2D eigenvalue weighted by molar-refractivity contribution is -0.367. The van der Waals surface area contributed by atoms with Crippen LogP contribution in [0.25, 0.3) is 0 Å². The second kappa shape index (κ2) is 4.93. The Balaban J connectivity index is 1.33. The molecule has 0 aromatic heterocycles. The van der Waals surface area contributed by atoms with Crippen LogP contribution in [0.2, 0.25) is 0 Å². The Morgan fingerprint density at radius 1 is 1.04 bits per heavy atom. The summed E-state index contributed by atoms with van der Waals surface area (Å²) in [5.41, 5.74) is 0. The summed E-state index contributed by atoms with van der Waals surface area (Å²) in [5.74, 6) is 1.07. The van der Waals surface area contributed by atoms with Crippen LogP contribution >= 0.6 is 0 Å². The lowest BCUT2D eigenvalue weighted by atomic mass is 9.72. The Labute approximate surface area is 136 Å². The van der Waals surface area contributed by atoms with Gasteiger partial charge in [-0.25, -0.2) is 0 Å². The van der Waals surface area contributed by atoms with Crippen molar-refractivity contribution in [3.05, 3.63) is 0 Å². The molecule has 0 aromatic rings. The van der Waals surface area contributed by atoms with E-state index in [9.17, 15) is 4.79 Å². The molecule has 3 bridgehead atoms. The van der Waals surface area contributed by atoms with E-state index in [-0.39, 0.29) is 12.3 Å². The predicted octanol–water partition coefficient (Wildman–Crippen LogP) is 3.48. The van der Waals surface area contributed by atoms with E-state index in [1.807, 2.05) is 0 Å². The van der Waals surface area contributed by atoms with Crippen LogP contribution in [0.5, 0.6) is 0 Å². The summed E-state index contributed by atoms with van der Waals surface area (Å²) in [6, 6.07) is 0. The van der Waals surface area contributed by atoms with E-state index in [4.69, 9.17) is 19.6 Å². The third kappa shape index (κ3) is 2.12. The van der Waals surface area contributed by atoms with Crippen molar-refractivity contribution in [3.63, 3.8) is 0 Å². The number of hydrogen-bond donors (Lipinski definition) is 1. The molecule has 5 aliphatic rings. The van der Waals surface area contributed by atoms with Gasteiger partial charge in [0, 0.05) is 31.1 Å². The number of ether oxygens (including phenoxy) is 1. The highest BCUT2D eigenvalue weighted by Crippen LogP contribution is 2.65. The van der Waals surface area contributed by atoms with Gasteiger partial charge in [-0.2, -0.15) is 9.78 Å². The third-order valence-corrected chi connectivity index (χ3v) is 7.38. The van der Waals surface area contributed by atoms with Crippen LogP contribution in [-0.2, 0) is 19.3 Å². The molecule has 4 unspecified atom stereocenters. The molecule has 1 saturated heterocycles. The van der Waals surface area contributed by atoms with Gasteiger partial charge >= 0.3 is 5.97 Å². The zero-order chi connectivity index (χ0) is 15.7. The van der Waals surface area contributed by atoms with E-state index in [2.05, 4.69) is 0 Å². The van der Waals surface area contributed by atoms with Crippen molar-refractivity contribution in [2.24, 2.45) is 29.6 Å². The summed E-state index contributed by atoms with van der Waals surface area (Å²) in [6.45, 7) is 0. The summed E-state index contributed by atoms with van der Waals surface area (Å²) in [7, 11) is 0. The van der Waals surface area contributed by atoms with Gasteiger partial charge in [0.15, 0.2) is 0 Å². The highest BCUT2D eigenvalue weighted by Gasteiger charge is 2.68. The Morgan fingerprint density at radius 2 is 1.87 bits per heavy atom. The van der Waals surface area contributed by atoms with Crippen molar-refractivity contribution in [2.45, 2.75) is 75.8 Å². The van der Waals surface area contributed by atoms with Gasteiger partial charge in [0.05, 0.1) is 0 Å². The fourth-order valence-corrected chi connectivity index (χ4v) is 6.37. The van der Waals surface area contributed by atoms with Gasteiger partial charge in [0.25, 0.3) is 0 Å². The van der Waals surface area contributed by atoms with Gasteiger partial charge in [-0.15, -0.1) is 0 Å². The molecule has 0 amide bonds. The largest absolute Gasteiger partial charge is 0.481 e. The summed E-state index contributed by atoms with van der Waals surface area (Å²) >= 11 is 0. The smallest absolute Gasteiger partial charge is 0.303 e. The molecule has 5 fully saturated rings. The number of hydrogen-bond acceptors (Lipinski definition) is 4. The number of carboxylic acids is 1. The lowest BCUT2D eigenvalue weighted by Crippen LogP contribution is -2.45. The van der Waals surface area contributed by atoms with Gasteiger partial charge in [-0.05, 0) is 62.7 Å². The summed E-state index contributed by atoms with van der Waals surface area (Å²) in [6.07, 6.45) is 9.85. The molecule has 5 rings (SSSR count). The molecule has 5 heteroatoms. The fourth-order valence-electron chi connectivity index (χ4n) is 6.37. The molecule has 5 atom stereocenters. The van der Waals surface area contributed by atoms with Crippen molar-refractivity contribution in [1.82, 2.24) is 0 Å². The monoisotopic (exact) mass is 322 g/mol. The summed E-state index contributed by atoms with van der Waals surface area (Å²) < 4.78 is 6.64. The molecule has 0 aromatic carbocycles. The Morgan fingerprint density at radius 3 is 2.65 bits per heavy atom. The Hall–Kier alpha value is -0.650. The minimum Gasteiger partial charge on any atom is -0.481 e. The maximum atomic E-state index is 10.9. The van der Waals surface area contributed by atoms with Gasteiger partial charge in [-0.3, -0.25) is 4.79 Å². The molecule has 128 valence electrons. The molecule has 1 aliphatic heterocycles. The zero-order valence-electron chi connectivity index (χ0n) is 13.5. The number of fused-ring (bicyclic) bond motifs is 4. The molecule has 1 N–H and O–H groups in total. The van der Waals surface area contributed by atoms with Crippen LogP contribution in [0.15, 0.2) is 0 Å². The van der Waals surface area contributed by atoms with E-state index >= 15 is 0 Å². The van der Waals surface area contributed by atoms with Crippen LogP contribution in [0.1, 0.15) is 64.2 Å². The first kappa shape index (κ1) is 14.7. The summed E-state index contributed by atoms with van der Waals surface area (Å²) in [4.78, 5) is 22.8. The maximum Gasteiger partial charge on any atom is 0.303 e. The first-order chi connectivity index (χ1) is 11.1. The third-order valence-electron chi connectivity index (χ3n) is 7.38. The van der Waals surface area contributed by atoms with Crippen LogP contribution in [0.3, 0.4) is 0 Å². The number of aliphatic carboxylic acids is 1. The van der Waals surface area contributed by atoms with E-state index in [1.165, 1.54) is 32.1 Å². The maximum absolute atomic E-state index is 10.9. The minimum absolute atomic E-state index is 0.251. The first-order valence-corrected chi connectivity index (χ1v) is 9.37. The van der Waals surface area contributed by atoms with Crippen molar-refractivity contribution < 1.29 is 24.4 Å². The summed E-state index contributed by atoms with van der Waals surface area (Å²) in [5, 5.41) is 8.98. The van der Waals surface area contributed by atoms with Crippen molar-refractivity contribution >= 4 is 5.97 Å². The zero-order valence-corrected chi connectivity index (χ0v) is 13.5. The van der Waals surface area contributed by atoms with E-state index < -0.39 is 17.5 Å². The first-order valence-electron chi connectivity index (χ1n) is 9.37. The quantitative estimate of drug-likeness (QED) is 0.789. The van der Waals surface area contributed by atoms with Gasteiger partial charge < -0.3 is 9.84 Å². The molecule has 23 heavy (non-hydrogen) atoms. The highest BCUT2D eigenvalue weighted by atomic mass is 17.3. The SMILES string of the molecule is O=C(O)C[C@H]1CC[C@]2(CC1)OO[C@@]1(O2)C2CC3CCC1C(C3)C2. The van der Waals surface area contributed by atoms with Gasteiger partial charge in [0.1, 0.15) is 0 Å². The minimum atomic E-state index is -0.700. The van der Waals surface area contributed by atoms with Gasteiger partial charge in [0.2, 0.25) is 11.6 Å². The Bertz CT molecular complexity index is 512. The lowest BCUT2D eigenvalue weighted by Gasteiger charge is -2.37. The molecule has 5 nitrogen and oxygen atoms in total. The van der Waals surface area contributed by atoms with Crippen molar-refractivity contribution in [2.75, 3.05) is 0 Å². The standard InChI is InChI=1S/C18H26O5/c19-16(20)9-11-3-5-17(6-4-11)21-18(23-22-17)14-8-12-1-2-15(18)13(7-12)10-14/h11-15H,1-10H2,(H,19,20)/t11-,12?,13?,14?,15?,17+,18-/m0/s1. The molecular weight excluding hydrogens is 296 g/mol. The Kier molecular flexibility index (Phi) is 3.14. The number of rotatable bonds is 2. The molecule has 4 saturated carbocycles. The highest BCUT2D eigenvalue weighted by molar-refractivity contribution is 5.67. The van der Waals surface area contributed by atoms with Crippen LogP contribution < -0.4 is 0 Å². The van der Waals surface area contributed by atoms with Crippen molar-refractivity contribution in [1.29, 1.82) is 0 Å². The van der Waals surface area contributed by atoms with E-state index in [0.29, 0.717) is 11.8 Å². The van der Waals surface area contributed by atoms with E-state index in [0.717, 1.165) is 37.5 Å². The normalized spacial score (nSPS) is 54.2. The average molecular weight is 322 g/mol. The molecule has 2 spiro atoms. The van der Waals surface area contributed by atoms with Crippen LogP contribution in [0.4, 0.5) is 0 Å². The average Bonchev–Trinajstić information content (AvgIpc) is 2.95. The second-order valence-electron chi connectivity index (χ2n) is 8.66. The van der Waals surface area contributed by atoms with Crippen LogP contribution in [-0.4, -0.2) is 22.7 Å². The molecule has 1 heterocycles. The number of carboxylic acid groups (broad SMARTS) is 1. The second-order valence-corrected chi connectivity index (χ2v) is 8.66. The molecule has 4 aliphatic carbocycles. The van der Waals surface area contributed by atoms with Crippen LogP contribution in [0, 0.1) is 29.6 Å². The predicted molar refractivity (Wildman–Crippen MR) is 80.0 cm³/mol. The fraction of sp³-hybridized carbons (Fsp3) is 0.944. The molecular formula is C18H26O5. The molecule has 0 radical (unpaired) electrons. The van der Waals surface area contributed by atoms with Gasteiger partial charge in [-0.1, -0.05) is 0 Å². The van der Waals surface area contributed by atoms with E-state index in [1.54, 1.807) is 0 Å². The number of carbonyl (C=O) groups is 1.